The number of sulfonamides is 1. The highest BCUT2D eigenvalue weighted by Gasteiger charge is 2.28. The molecule has 2 aromatic rings. The largest absolute Gasteiger partial charge is 0.335 e. The monoisotopic (exact) mass is 447 g/mol. The van der Waals surface area contributed by atoms with E-state index in [9.17, 15) is 13.2 Å². The van der Waals surface area contributed by atoms with Crippen molar-refractivity contribution in [3.8, 4) is 0 Å². The number of anilines is 2. The van der Waals surface area contributed by atoms with Crippen molar-refractivity contribution < 1.29 is 13.2 Å². The highest BCUT2D eigenvalue weighted by Crippen LogP contribution is 2.32. The zero-order valence-corrected chi connectivity index (χ0v) is 18.5. The van der Waals surface area contributed by atoms with Crippen LogP contribution in [0, 0.1) is 6.92 Å². The number of carbonyl (C=O) groups is 1. The molecule has 160 valence electrons. The second-order valence-electron chi connectivity index (χ2n) is 8.04. The fraction of sp³-hybridized carbons (Fsp3) is 0.409. The summed E-state index contributed by atoms with van der Waals surface area (Å²) in [5.41, 5.74) is 2.88. The van der Waals surface area contributed by atoms with Crippen molar-refractivity contribution in [1.29, 1.82) is 0 Å². The van der Waals surface area contributed by atoms with Gasteiger partial charge in [0.15, 0.2) is 0 Å². The van der Waals surface area contributed by atoms with Crippen LogP contribution in [-0.4, -0.2) is 27.0 Å². The first-order valence-corrected chi connectivity index (χ1v) is 12.2. The smallest absolute Gasteiger partial charge is 0.322 e. The van der Waals surface area contributed by atoms with E-state index in [1.807, 2.05) is 6.92 Å². The molecule has 2 N–H and O–H groups in total. The van der Waals surface area contributed by atoms with Crippen LogP contribution >= 0.6 is 11.6 Å². The SMILES string of the molecule is Cc1ccc(Cl)cc1NS(=O)(=O)c1ccc2c(c1)CCN2C(=O)NC1CCCCC1. The summed E-state index contributed by atoms with van der Waals surface area (Å²) in [6.07, 6.45) is 6.23. The van der Waals surface area contributed by atoms with Crippen molar-refractivity contribution in [2.45, 2.75) is 56.4 Å². The van der Waals surface area contributed by atoms with Gasteiger partial charge in [-0.05, 0) is 67.6 Å². The van der Waals surface area contributed by atoms with Crippen molar-refractivity contribution in [1.82, 2.24) is 5.32 Å². The summed E-state index contributed by atoms with van der Waals surface area (Å²) in [7, 11) is -3.76. The van der Waals surface area contributed by atoms with Gasteiger partial charge in [0.1, 0.15) is 0 Å². The van der Waals surface area contributed by atoms with E-state index in [1.165, 1.54) is 6.42 Å². The Morgan fingerprint density at radius 3 is 2.63 bits per heavy atom. The third-order valence-corrected chi connectivity index (χ3v) is 7.48. The number of fused-ring (bicyclic) bond motifs is 1. The summed E-state index contributed by atoms with van der Waals surface area (Å²) in [6.45, 7) is 2.37. The van der Waals surface area contributed by atoms with Crippen molar-refractivity contribution >= 4 is 39.0 Å². The van der Waals surface area contributed by atoms with Gasteiger partial charge in [0.2, 0.25) is 0 Å². The van der Waals surface area contributed by atoms with Crippen LogP contribution in [0.5, 0.6) is 0 Å². The standard InChI is InChI=1S/C22H26ClN3O3S/c1-15-7-8-17(23)14-20(15)25-30(28,29)19-9-10-21-16(13-19)11-12-26(21)22(27)24-18-5-3-2-4-6-18/h7-10,13-14,18,25H,2-6,11-12H2,1H3,(H,24,27). The lowest BCUT2D eigenvalue weighted by molar-refractivity contribution is 0.238. The van der Waals surface area contributed by atoms with Gasteiger partial charge in [-0.15, -0.1) is 0 Å². The minimum Gasteiger partial charge on any atom is -0.335 e. The first-order chi connectivity index (χ1) is 14.3. The molecule has 2 amide bonds. The number of aryl methyl sites for hydroxylation is 1. The van der Waals surface area contributed by atoms with Gasteiger partial charge in [-0.25, -0.2) is 13.2 Å². The quantitative estimate of drug-likeness (QED) is 0.702. The van der Waals surface area contributed by atoms with E-state index in [0.717, 1.165) is 42.5 Å². The van der Waals surface area contributed by atoms with Gasteiger partial charge < -0.3 is 5.32 Å². The van der Waals surface area contributed by atoms with E-state index in [1.54, 1.807) is 41.3 Å². The topological polar surface area (TPSA) is 78.5 Å². The van der Waals surface area contributed by atoms with E-state index in [0.29, 0.717) is 23.7 Å². The van der Waals surface area contributed by atoms with Crippen LogP contribution in [0.15, 0.2) is 41.3 Å². The molecule has 6 nitrogen and oxygen atoms in total. The van der Waals surface area contributed by atoms with Crippen molar-refractivity contribution in [3.63, 3.8) is 0 Å². The maximum absolute atomic E-state index is 12.9. The van der Waals surface area contributed by atoms with E-state index >= 15 is 0 Å². The Morgan fingerprint density at radius 2 is 1.87 bits per heavy atom. The van der Waals surface area contributed by atoms with Crippen LogP contribution in [0.3, 0.4) is 0 Å². The molecular weight excluding hydrogens is 422 g/mol. The summed E-state index contributed by atoms with van der Waals surface area (Å²) in [5.74, 6) is 0. The van der Waals surface area contributed by atoms with Crippen LogP contribution in [0.25, 0.3) is 0 Å². The molecule has 1 aliphatic carbocycles. The summed E-state index contributed by atoms with van der Waals surface area (Å²) in [5, 5.41) is 3.60. The van der Waals surface area contributed by atoms with Gasteiger partial charge >= 0.3 is 6.03 Å². The van der Waals surface area contributed by atoms with E-state index < -0.39 is 10.0 Å². The molecule has 2 aromatic carbocycles. The molecule has 0 radical (unpaired) electrons. The van der Waals surface area contributed by atoms with Crippen LogP contribution < -0.4 is 14.9 Å². The summed E-state index contributed by atoms with van der Waals surface area (Å²) in [6, 6.07) is 10.2. The number of carbonyl (C=O) groups excluding carboxylic acids is 1. The first-order valence-electron chi connectivity index (χ1n) is 10.3. The fourth-order valence-corrected chi connectivity index (χ4v) is 5.51. The Kier molecular flexibility index (Phi) is 5.93. The van der Waals surface area contributed by atoms with Crippen molar-refractivity contribution in [2.24, 2.45) is 0 Å². The molecule has 0 atom stereocenters. The second kappa shape index (κ2) is 8.47. The van der Waals surface area contributed by atoms with Gasteiger partial charge in [-0.1, -0.05) is 36.9 Å². The van der Waals surface area contributed by atoms with Crippen LogP contribution in [0.2, 0.25) is 5.02 Å². The molecule has 0 aromatic heterocycles. The van der Waals surface area contributed by atoms with Crippen LogP contribution in [0.4, 0.5) is 16.2 Å². The predicted octanol–water partition coefficient (Wildman–Crippen LogP) is 4.85. The lowest BCUT2D eigenvalue weighted by Gasteiger charge is -2.26. The molecule has 1 saturated carbocycles. The van der Waals surface area contributed by atoms with E-state index in [4.69, 9.17) is 11.6 Å². The van der Waals surface area contributed by atoms with Gasteiger partial charge in [-0.2, -0.15) is 0 Å². The Labute approximate surface area is 182 Å². The maximum Gasteiger partial charge on any atom is 0.322 e. The third-order valence-electron chi connectivity index (χ3n) is 5.88. The molecule has 30 heavy (non-hydrogen) atoms. The average Bonchev–Trinajstić information content (AvgIpc) is 3.15. The zero-order valence-electron chi connectivity index (χ0n) is 16.9. The highest BCUT2D eigenvalue weighted by atomic mass is 35.5. The highest BCUT2D eigenvalue weighted by molar-refractivity contribution is 7.92. The lowest BCUT2D eigenvalue weighted by atomic mass is 9.96. The number of rotatable bonds is 4. The summed E-state index contributed by atoms with van der Waals surface area (Å²) < 4.78 is 28.4. The molecule has 0 spiro atoms. The predicted molar refractivity (Wildman–Crippen MR) is 120 cm³/mol. The Morgan fingerprint density at radius 1 is 1.10 bits per heavy atom. The number of amides is 2. The zero-order chi connectivity index (χ0) is 21.3. The Bertz CT molecular complexity index is 1070. The van der Waals surface area contributed by atoms with Gasteiger partial charge in [-0.3, -0.25) is 9.62 Å². The molecular formula is C22H26ClN3O3S. The molecule has 0 saturated heterocycles. The number of nitrogens with one attached hydrogen (secondary N) is 2. The average molecular weight is 448 g/mol. The molecule has 1 heterocycles. The maximum atomic E-state index is 12.9. The second-order valence-corrected chi connectivity index (χ2v) is 10.2. The minimum atomic E-state index is -3.76. The number of hydrogen-bond acceptors (Lipinski definition) is 3. The normalized spacial score (nSPS) is 16.9. The van der Waals surface area contributed by atoms with Gasteiger partial charge in [0, 0.05) is 23.3 Å². The molecule has 1 aliphatic heterocycles. The Balaban J connectivity index is 1.51. The number of benzene rings is 2. The number of urea groups is 1. The molecule has 0 unspecified atom stereocenters. The van der Waals surface area contributed by atoms with Gasteiger partial charge in [0.25, 0.3) is 10.0 Å². The molecule has 1 fully saturated rings. The molecule has 2 aliphatic rings. The molecule has 0 bridgehead atoms. The molecule has 4 rings (SSSR count). The number of halogens is 1. The van der Waals surface area contributed by atoms with Crippen LogP contribution in [-0.2, 0) is 16.4 Å². The van der Waals surface area contributed by atoms with Crippen molar-refractivity contribution in [3.05, 3.63) is 52.5 Å². The van der Waals surface area contributed by atoms with Crippen LogP contribution in [0.1, 0.15) is 43.2 Å². The van der Waals surface area contributed by atoms with Gasteiger partial charge in [0.05, 0.1) is 10.6 Å². The lowest BCUT2D eigenvalue weighted by Crippen LogP contribution is -2.45. The first kappa shape index (κ1) is 21.0. The van der Waals surface area contributed by atoms with E-state index in [-0.39, 0.29) is 17.0 Å². The minimum absolute atomic E-state index is 0.0936. The van der Waals surface area contributed by atoms with Crippen molar-refractivity contribution in [2.75, 3.05) is 16.2 Å². The summed E-state index contributed by atoms with van der Waals surface area (Å²) in [4.78, 5) is 14.6. The molecule has 8 heteroatoms. The number of hydrogen-bond donors (Lipinski definition) is 2. The third kappa shape index (κ3) is 4.42. The number of nitrogens with zero attached hydrogens (tertiary/aromatic N) is 1. The summed E-state index contributed by atoms with van der Waals surface area (Å²) >= 11 is 6.01. The Hall–Kier alpha value is -2.25. The van der Waals surface area contributed by atoms with E-state index in [2.05, 4.69) is 10.0 Å². The fourth-order valence-electron chi connectivity index (χ4n) is 4.16.